The lowest BCUT2D eigenvalue weighted by Crippen LogP contribution is -2.30. The van der Waals surface area contributed by atoms with E-state index in [0.29, 0.717) is 18.7 Å². The Morgan fingerprint density at radius 2 is 2.03 bits per heavy atom. The maximum Gasteiger partial charge on any atom is 0.349 e. The largest absolute Gasteiger partial charge is 0.448 e. The quantitative estimate of drug-likeness (QED) is 0.407. The van der Waals surface area contributed by atoms with E-state index in [1.54, 1.807) is 13.2 Å². The van der Waals surface area contributed by atoms with Gasteiger partial charge < -0.3 is 19.4 Å². The van der Waals surface area contributed by atoms with E-state index in [0.717, 1.165) is 11.4 Å². The minimum absolute atomic E-state index is 0.0232. The lowest BCUT2D eigenvalue weighted by Gasteiger charge is -2.13. The van der Waals surface area contributed by atoms with Crippen LogP contribution in [0, 0.1) is 31.0 Å². The van der Waals surface area contributed by atoms with E-state index in [-0.39, 0.29) is 11.3 Å². The van der Waals surface area contributed by atoms with Crippen LogP contribution in [0.4, 0.5) is 10.1 Å². The molecule has 7 nitrogen and oxygen atoms in total. The molecule has 158 valence electrons. The van der Waals surface area contributed by atoms with Crippen LogP contribution in [-0.4, -0.2) is 36.3 Å². The van der Waals surface area contributed by atoms with Crippen LogP contribution in [0.5, 0.6) is 0 Å². The van der Waals surface area contributed by atoms with Crippen molar-refractivity contribution in [3.05, 3.63) is 58.7 Å². The van der Waals surface area contributed by atoms with Gasteiger partial charge in [-0.3, -0.25) is 4.79 Å². The van der Waals surface area contributed by atoms with Crippen molar-refractivity contribution < 1.29 is 23.5 Å². The van der Waals surface area contributed by atoms with Crippen molar-refractivity contribution in [1.29, 1.82) is 5.26 Å². The summed E-state index contributed by atoms with van der Waals surface area (Å²) >= 11 is 0. The van der Waals surface area contributed by atoms with Crippen molar-refractivity contribution in [3.63, 3.8) is 0 Å². The first-order chi connectivity index (χ1) is 14.3. The Labute approximate surface area is 174 Å². The third-order valence-electron chi connectivity index (χ3n) is 4.56. The standard InChI is InChI=1S/C22H24FN3O4/c1-14-11-17(15(2)26(14)9-10-29-4)12-18(13-24)22(28)30-16(3)21(27)25-20-8-6-5-7-19(20)23/h5-8,11-12,16H,9-10H2,1-4H3,(H,25,27)/b18-12+/t16-/m1/s1. The van der Waals surface area contributed by atoms with Crippen LogP contribution in [0.15, 0.2) is 35.9 Å². The van der Waals surface area contributed by atoms with Crippen molar-refractivity contribution in [3.8, 4) is 6.07 Å². The number of hydrogen-bond acceptors (Lipinski definition) is 5. The molecule has 1 aromatic heterocycles. The smallest absolute Gasteiger partial charge is 0.349 e. The maximum absolute atomic E-state index is 13.7. The lowest BCUT2D eigenvalue weighted by molar-refractivity contribution is -0.148. The minimum atomic E-state index is -1.22. The number of nitrogens with one attached hydrogen (secondary N) is 1. The minimum Gasteiger partial charge on any atom is -0.448 e. The molecule has 0 saturated carbocycles. The second-order valence-corrected chi connectivity index (χ2v) is 6.66. The molecule has 0 spiro atoms. The monoisotopic (exact) mass is 413 g/mol. The number of carbonyl (C=O) groups excluding carboxylic acids is 2. The molecule has 30 heavy (non-hydrogen) atoms. The molecule has 0 aliphatic heterocycles. The summed E-state index contributed by atoms with van der Waals surface area (Å²) in [7, 11) is 1.61. The Balaban J connectivity index is 2.12. The Morgan fingerprint density at radius 1 is 1.33 bits per heavy atom. The molecule has 2 aromatic rings. The van der Waals surface area contributed by atoms with Gasteiger partial charge in [-0.1, -0.05) is 12.1 Å². The number of aromatic nitrogens is 1. The summed E-state index contributed by atoms with van der Waals surface area (Å²) in [5, 5.41) is 11.7. The molecule has 1 heterocycles. The van der Waals surface area contributed by atoms with Gasteiger partial charge in [-0.05, 0) is 50.6 Å². The van der Waals surface area contributed by atoms with Gasteiger partial charge in [0.25, 0.3) is 5.91 Å². The van der Waals surface area contributed by atoms with Crippen molar-refractivity contribution in [2.24, 2.45) is 0 Å². The number of carbonyl (C=O) groups is 2. The maximum atomic E-state index is 13.7. The highest BCUT2D eigenvalue weighted by Gasteiger charge is 2.22. The average molecular weight is 413 g/mol. The molecular weight excluding hydrogens is 389 g/mol. The van der Waals surface area contributed by atoms with Crippen molar-refractivity contribution in [2.75, 3.05) is 19.0 Å². The van der Waals surface area contributed by atoms with Crippen LogP contribution in [0.1, 0.15) is 23.9 Å². The van der Waals surface area contributed by atoms with Gasteiger partial charge in [0.2, 0.25) is 0 Å². The number of aryl methyl sites for hydroxylation is 1. The molecule has 0 bridgehead atoms. The molecule has 1 aromatic carbocycles. The number of ether oxygens (including phenoxy) is 2. The zero-order chi connectivity index (χ0) is 22.3. The Kier molecular flexibility index (Phi) is 7.90. The number of nitriles is 1. The Bertz CT molecular complexity index is 1000. The van der Waals surface area contributed by atoms with Crippen molar-refractivity contribution in [1.82, 2.24) is 4.57 Å². The first kappa shape index (κ1) is 22.8. The number of anilines is 1. The summed E-state index contributed by atoms with van der Waals surface area (Å²) in [6, 6.07) is 9.31. The molecule has 0 fully saturated rings. The zero-order valence-electron chi connectivity index (χ0n) is 17.4. The summed E-state index contributed by atoms with van der Waals surface area (Å²) in [4.78, 5) is 24.6. The van der Waals surface area contributed by atoms with Gasteiger partial charge >= 0.3 is 5.97 Å². The third-order valence-corrected chi connectivity index (χ3v) is 4.56. The summed E-state index contributed by atoms with van der Waals surface area (Å²) in [6.07, 6.45) is 0.207. The average Bonchev–Trinajstić information content (AvgIpc) is 2.98. The van der Waals surface area contributed by atoms with Crippen LogP contribution in [0.3, 0.4) is 0 Å². The van der Waals surface area contributed by atoms with E-state index in [1.165, 1.54) is 31.2 Å². The number of para-hydroxylation sites is 1. The predicted molar refractivity (Wildman–Crippen MR) is 110 cm³/mol. The number of methoxy groups -OCH3 is 1. The molecule has 2 rings (SSSR count). The number of esters is 1. The highest BCUT2D eigenvalue weighted by molar-refractivity contribution is 6.01. The van der Waals surface area contributed by atoms with Gasteiger partial charge in [-0.25, -0.2) is 9.18 Å². The first-order valence-corrected chi connectivity index (χ1v) is 9.32. The van der Waals surface area contributed by atoms with E-state index in [9.17, 15) is 19.2 Å². The molecule has 1 N–H and O–H groups in total. The molecule has 0 aliphatic carbocycles. The summed E-state index contributed by atoms with van der Waals surface area (Å²) in [6.45, 7) is 6.31. The summed E-state index contributed by atoms with van der Waals surface area (Å²) < 4.78 is 25.9. The van der Waals surface area contributed by atoms with Crippen LogP contribution in [0.25, 0.3) is 6.08 Å². The van der Waals surface area contributed by atoms with Crippen molar-refractivity contribution >= 4 is 23.6 Å². The van der Waals surface area contributed by atoms with Crippen LogP contribution >= 0.6 is 0 Å². The fraction of sp³-hybridized carbons (Fsp3) is 0.318. The predicted octanol–water partition coefficient (Wildman–Crippen LogP) is 3.37. The van der Waals surface area contributed by atoms with E-state index < -0.39 is 23.8 Å². The molecule has 8 heteroatoms. The number of benzene rings is 1. The summed E-state index contributed by atoms with van der Waals surface area (Å²) in [5.74, 6) is -2.25. The van der Waals surface area contributed by atoms with E-state index in [4.69, 9.17) is 9.47 Å². The fourth-order valence-electron chi connectivity index (χ4n) is 2.87. The van der Waals surface area contributed by atoms with E-state index in [2.05, 4.69) is 5.32 Å². The highest BCUT2D eigenvalue weighted by atomic mass is 19.1. The first-order valence-electron chi connectivity index (χ1n) is 9.32. The van der Waals surface area contributed by atoms with Gasteiger partial charge in [0.1, 0.15) is 17.5 Å². The topological polar surface area (TPSA) is 93.3 Å². The normalized spacial score (nSPS) is 12.2. The zero-order valence-corrected chi connectivity index (χ0v) is 17.4. The number of halogens is 1. The van der Waals surface area contributed by atoms with E-state index in [1.807, 2.05) is 30.6 Å². The van der Waals surface area contributed by atoms with Crippen molar-refractivity contribution in [2.45, 2.75) is 33.4 Å². The lowest BCUT2D eigenvalue weighted by atomic mass is 10.1. The third kappa shape index (κ3) is 5.55. The highest BCUT2D eigenvalue weighted by Crippen LogP contribution is 2.19. The molecule has 0 radical (unpaired) electrons. The Hall–Kier alpha value is -3.44. The second-order valence-electron chi connectivity index (χ2n) is 6.66. The molecule has 1 amide bonds. The van der Waals surface area contributed by atoms with Crippen LogP contribution in [-0.2, 0) is 25.6 Å². The number of rotatable bonds is 8. The molecule has 1 atom stereocenters. The van der Waals surface area contributed by atoms with Gasteiger partial charge in [-0.2, -0.15) is 5.26 Å². The molecular formula is C22H24FN3O4. The van der Waals surface area contributed by atoms with Crippen LogP contribution < -0.4 is 5.32 Å². The number of nitrogens with zero attached hydrogens (tertiary/aromatic N) is 2. The fourth-order valence-corrected chi connectivity index (χ4v) is 2.87. The molecule has 0 unspecified atom stereocenters. The van der Waals surface area contributed by atoms with Gasteiger partial charge in [-0.15, -0.1) is 0 Å². The summed E-state index contributed by atoms with van der Waals surface area (Å²) in [5.41, 5.74) is 2.26. The number of amides is 1. The second kappa shape index (κ2) is 10.4. The molecule has 0 aliphatic rings. The van der Waals surface area contributed by atoms with Gasteiger partial charge in [0, 0.05) is 25.0 Å². The van der Waals surface area contributed by atoms with E-state index >= 15 is 0 Å². The van der Waals surface area contributed by atoms with Gasteiger partial charge in [0.15, 0.2) is 6.10 Å². The number of hydrogen-bond donors (Lipinski definition) is 1. The SMILES string of the molecule is COCCn1c(C)cc(/C=C(\C#N)C(=O)O[C@H](C)C(=O)Nc2ccccc2F)c1C. The Morgan fingerprint density at radius 3 is 2.67 bits per heavy atom. The van der Waals surface area contributed by atoms with Crippen LogP contribution in [0.2, 0.25) is 0 Å². The molecule has 0 saturated heterocycles. The van der Waals surface area contributed by atoms with Gasteiger partial charge in [0.05, 0.1) is 12.3 Å².